The van der Waals surface area contributed by atoms with Gasteiger partial charge in [-0.2, -0.15) is 0 Å². The van der Waals surface area contributed by atoms with Crippen molar-refractivity contribution in [3.05, 3.63) is 31.9 Å². The van der Waals surface area contributed by atoms with Crippen molar-refractivity contribution in [3.63, 3.8) is 0 Å². The fraction of sp³-hybridized carbons (Fsp3) is 0.571. The monoisotopic (exact) mass is 374 g/mol. The van der Waals surface area contributed by atoms with Gasteiger partial charge in [0.15, 0.2) is 0 Å². The zero-order chi connectivity index (χ0) is 13.8. The van der Waals surface area contributed by atoms with Crippen molar-refractivity contribution in [3.8, 4) is 0 Å². The molecule has 1 N–H and O–H groups in total. The first kappa shape index (κ1) is 14.6. The maximum absolute atomic E-state index is 10.7. The van der Waals surface area contributed by atoms with E-state index in [0.717, 1.165) is 15.2 Å². The van der Waals surface area contributed by atoms with Crippen LogP contribution in [-0.4, -0.2) is 11.0 Å². The Morgan fingerprint density at radius 2 is 2.05 bits per heavy atom. The van der Waals surface area contributed by atoms with Crippen LogP contribution in [-0.2, 0) is 0 Å². The molecule has 1 fully saturated rings. The summed E-state index contributed by atoms with van der Waals surface area (Å²) < 4.78 is 0.921. The van der Waals surface area contributed by atoms with Gasteiger partial charge in [0, 0.05) is 27.4 Å². The lowest BCUT2D eigenvalue weighted by molar-refractivity contribution is -0.384. The molecule has 5 heteroatoms. The summed E-state index contributed by atoms with van der Waals surface area (Å²) in [7, 11) is 0. The van der Waals surface area contributed by atoms with Crippen molar-refractivity contribution < 1.29 is 4.92 Å². The van der Waals surface area contributed by atoms with Crippen LogP contribution in [0.3, 0.4) is 0 Å². The van der Waals surface area contributed by atoms with E-state index >= 15 is 0 Å². The van der Waals surface area contributed by atoms with Crippen LogP contribution in [0.4, 0.5) is 11.4 Å². The van der Waals surface area contributed by atoms with Crippen molar-refractivity contribution in [2.45, 2.75) is 45.1 Å². The topological polar surface area (TPSA) is 55.2 Å². The minimum Gasteiger partial charge on any atom is -0.381 e. The third-order valence-corrected chi connectivity index (χ3v) is 4.84. The predicted octanol–water partition coefficient (Wildman–Crippen LogP) is 4.58. The van der Waals surface area contributed by atoms with E-state index in [4.69, 9.17) is 0 Å². The molecule has 0 aromatic heterocycles. The van der Waals surface area contributed by atoms with Crippen LogP contribution >= 0.6 is 22.6 Å². The zero-order valence-electron chi connectivity index (χ0n) is 11.1. The maximum Gasteiger partial charge on any atom is 0.270 e. The van der Waals surface area contributed by atoms with Gasteiger partial charge in [0.2, 0.25) is 0 Å². The van der Waals surface area contributed by atoms with Gasteiger partial charge >= 0.3 is 0 Å². The molecule has 0 bridgehead atoms. The van der Waals surface area contributed by atoms with E-state index in [2.05, 4.69) is 34.8 Å². The Balaban J connectivity index is 1.98. The summed E-state index contributed by atoms with van der Waals surface area (Å²) in [5, 5.41) is 14.2. The molecular formula is C14H19IN2O2. The molecule has 0 spiro atoms. The number of hydrogen-bond donors (Lipinski definition) is 1. The third-order valence-electron chi connectivity index (χ3n) is 3.95. The van der Waals surface area contributed by atoms with Gasteiger partial charge < -0.3 is 5.32 Å². The van der Waals surface area contributed by atoms with Crippen molar-refractivity contribution >= 4 is 34.0 Å². The minimum absolute atomic E-state index is 0.157. The number of halogens is 1. The molecule has 1 saturated carbocycles. The van der Waals surface area contributed by atoms with Crippen LogP contribution in [0, 0.1) is 19.6 Å². The van der Waals surface area contributed by atoms with Crippen molar-refractivity contribution in [2.75, 3.05) is 5.32 Å². The molecular weight excluding hydrogens is 355 g/mol. The maximum atomic E-state index is 10.7. The standard InChI is InChI=1S/C14H19IN2O2/c1-2-10-3-5-11(6-4-10)16-14-8-7-12(17(18)19)9-13(14)15/h7-11,16H,2-6H2,1H3. The highest BCUT2D eigenvalue weighted by atomic mass is 127. The van der Waals surface area contributed by atoms with E-state index in [0.29, 0.717) is 6.04 Å². The number of nitro benzene ring substituents is 1. The second-order valence-electron chi connectivity index (χ2n) is 5.19. The molecule has 104 valence electrons. The second-order valence-corrected chi connectivity index (χ2v) is 6.35. The number of nitrogens with zero attached hydrogens (tertiary/aromatic N) is 1. The summed E-state index contributed by atoms with van der Waals surface area (Å²) in [6, 6.07) is 5.53. The third kappa shape index (κ3) is 3.81. The number of benzene rings is 1. The Hall–Kier alpha value is -0.850. The zero-order valence-corrected chi connectivity index (χ0v) is 13.2. The van der Waals surface area contributed by atoms with E-state index < -0.39 is 0 Å². The van der Waals surface area contributed by atoms with Crippen LogP contribution in [0.1, 0.15) is 39.0 Å². The summed E-state index contributed by atoms with van der Waals surface area (Å²) in [4.78, 5) is 10.4. The first-order chi connectivity index (χ1) is 9.10. The Kier molecular flexibility index (Phi) is 5.01. The van der Waals surface area contributed by atoms with E-state index in [9.17, 15) is 10.1 Å². The first-order valence-corrected chi connectivity index (χ1v) is 7.88. The van der Waals surface area contributed by atoms with Crippen LogP contribution in [0.15, 0.2) is 18.2 Å². The number of hydrogen-bond acceptors (Lipinski definition) is 3. The highest BCUT2D eigenvalue weighted by Gasteiger charge is 2.20. The van der Waals surface area contributed by atoms with Gasteiger partial charge in [-0.1, -0.05) is 13.3 Å². The summed E-state index contributed by atoms with van der Waals surface area (Å²) in [6.07, 6.45) is 6.26. The van der Waals surface area contributed by atoms with Gasteiger partial charge in [-0.25, -0.2) is 0 Å². The molecule has 1 aliphatic rings. The average Bonchev–Trinajstić information content (AvgIpc) is 2.41. The molecule has 0 radical (unpaired) electrons. The molecule has 1 aliphatic carbocycles. The molecule has 19 heavy (non-hydrogen) atoms. The summed E-state index contributed by atoms with van der Waals surface area (Å²) in [5.74, 6) is 0.883. The predicted molar refractivity (Wildman–Crippen MR) is 85.5 cm³/mol. The van der Waals surface area contributed by atoms with Gasteiger partial charge in [-0.05, 0) is 60.3 Å². The number of rotatable bonds is 4. The molecule has 0 amide bonds. The van der Waals surface area contributed by atoms with Crippen LogP contribution in [0.5, 0.6) is 0 Å². The highest BCUT2D eigenvalue weighted by Crippen LogP contribution is 2.30. The number of nitro groups is 1. The van der Waals surface area contributed by atoms with E-state index in [-0.39, 0.29) is 10.6 Å². The highest BCUT2D eigenvalue weighted by molar-refractivity contribution is 14.1. The quantitative estimate of drug-likeness (QED) is 0.477. The smallest absolute Gasteiger partial charge is 0.270 e. The molecule has 0 atom stereocenters. The van der Waals surface area contributed by atoms with Gasteiger partial charge in [0.1, 0.15) is 0 Å². The summed E-state index contributed by atoms with van der Waals surface area (Å²) >= 11 is 2.16. The van der Waals surface area contributed by atoms with Gasteiger partial charge in [-0.3, -0.25) is 10.1 Å². The Morgan fingerprint density at radius 3 is 2.58 bits per heavy atom. The lowest BCUT2D eigenvalue weighted by Crippen LogP contribution is -2.26. The molecule has 0 aliphatic heterocycles. The normalized spacial score (nSPS) is 23.1. The molecule has 4 nitrogen and oxygen atoms in total. The Bertz CT molecular complexity index is 457. The van der Waals surface area contributed by atoms with E-state index in [1.807, 2.05) is 6.07 Å². The first-order valence-electron chi connectivity index (χ1n) is 6.80. The van der Waals surface area contributed by atoms with Crippen LogP contribution in [0.25, 0.3) is 0 Å². The Morgan fingerprint density at radius 1 is 1.37 bits per heavy atom. The number of anilines is 1. The molecule has 1 aromatic rings. The molecule has 0 heterocycles. The number of nitrogens with one attached hydrogen (secondary N) is 1. The Labute approximate surface area is 127 Å². The fourth-order valence-electron chi connectivity index (χ4n) is 2.67. The van der Waals surface area contributed by atoms with Crippen molar-refractivity contribution in [2.24, 2.45) is 5.92 Å². The molecule has 0 saturated heterocycles. The van der Waals surface area contributed by atoms with Gasteiger partial charge in [0.25, 0.3) is 5.69 Å². The second kappa shape index (κ2) is 6.54. The fourth-order valence-corrected chi connectivity index (χ4v) is 3.32. The average molecular weight is 374 g/mol. The van der Waals surface area contributed by atoms with Crippen LogP contribution in [0.2, 0.25) is 0 Å². The SMILES string of the molecule is CCC1CCC(Nc2ccc([N+](=O)[O-])cc2I)CC1. The van der Waals surface area contributed by atoms with Crippen LogP contribution < -0.4 is 5.32 Å². The minimum atomic E-state index is -0.349. The summed E-state index contributed by atoms with van der Waals surface area (Å²) in [6.45, 7) is 2.26. The molecule has 1 aromatic carbocycles. The van der Waals surface area contributed by atoms with Crippen molar-refractivity contribution in [1.82, 2.24) is 0 Å². The van der Waals surface area contributed by atoms with E-state index in [1.165, 1.54) is 32.1 Å². The lowest BCUT2D eigenvalue weighted by Gasteiger charge is -2.29. The largest absolute Gasteiger partial charge is 0.381 e. The lowest BCUT2D eigenvalue weighted by atomic mass is 9.84. The van der Waals surface area contributed by atoms with E-state index in [1.54, 1.807) is 12.1 Å². The molecule has 2 rings (SSSR count). The molecule has 0 unspecified atom stereocenters. The number of non-ortho nitro benzene ring substituents is 1. The summed E-state index contributed by atoms with van der Waals surface area (Å²) in [5.41, 5.74) is 1.18. The van der Waals surface area contributed by atoms with Crippen molar-refractivity contribution in [1.29, 1.82) is 0 Å². The van der Waals surface area contributed by atoms with Gasteiger partial charge in [-0.15, -0.1) is 0 Å². The van der Waals surface area contributed by atoms with Gasteiger partial charge in [0.05, 0.1) is 4.92 Å².